The van der Waals surface area contributed by atoms with Gasteiger partial charge in [0.05, 0.1) is 5.56 Å². The molecule has 0 radical (unpaired) electrons. The van der Waals surface area contributed by atoms with Gasteiger partial charge in [0.1, 0.15) is 0 Å². The van der Waals surface area contributed by atoms with Crippen molar-refractivity contribution >= 4 is 17.7 Å². The van der Waals surface area contributed by atoms with Crippen LogP contribution in [-0.4, -0.2) is 17.1 Å². The number of aryl methyl sites for hydroxylation is 1. The number of hydrogen-bond donors (Lipinski definition) is 2. The Morgan fingerprint density at radius 1 is 1.53 bits per heavy atom. The summed E-state index contributed by atoms with van der Waals surface area (Å²) in [6.45, 7) is 8.03. The zero-order chi connectivity index (χ0) is 14.3. The van der Waals surface area contributed by atoms with Crippen LogP contribution >= 0.6 is 0 Å². The highest BCUT2D eigenvalue weighted by Gasteiger charge is 2.12. The fraction of sp³-hybridized carbons (Fsp3) is 0.333. The van der Waals surface area contributed by atoms with Crippen molar-refractivity contribution in [2.45, 2.75) is 33.1 Å². The highest BCUT2D eigenvalue weighted by molar-refractivity contribution is 5.95. The minimum atomic E-state index is -0.410. The maximum Gasteiger partial charge on any atom is 0.250 e. The summed E-state index contributed by atoms with van der Waals surface area (Å²) in [7, 11) is 0. The molecule has 1 rings (SSSR count). The Morgan fingerprint density at radius 2 is 2.26 bits per heavy atom. The molecule has 0 aliphatic carbocycles. The summed E-state index contributed by atoms with van der Waals surface area (Å²) in [4.78, 5) is 18.6. The van der Waals surface area contributed by atoms with Crippen LogP contribution in [0.3, 0.4) is 0 Å². The molecule has 0 spiro atoms. The number of amides is 1. The van der Waals surface area contributed by atoms with Crippen LogP contribution in [0.1, 0.15) is 48.4 Å². The number of rotatable bonds is 7. The molecule has 0 unspecified atom stereocenters. The molecule has 19 heavy (non-hydrogen) atoms. The first-order valence-electron chi connectivity index (χ1n) is 6.49. The predicted molar refractivity (Wildman–Crippen MR) is 80.3 cm³/mol. The first-order valence-corrected chi connectivity index (χ1v) is 6.49. The first kappa shape index (κ1) is 15.0. The number of allylic oxidation sites excluding steroid dienone is 2. The monoisotopic (exact) mass is 259 g/mol. The molecule has 1 aromatic heterocycles. The molecular formula is C15H21N3O. The Balaban J connectivity index is 2.92. The molecule has 1 aromatic rings. The van der Waals surface area contributed by atoms with E-state index in [1.54, 1.807) is 18.3 Å². The largest absolute Gasteiger partial charge is 0.366 e. The van der Waals surface area contributed by atoms with E-state index in [4.69, 9.17) is 5.73 Å². The summed E-state index contributed by atoms with van der Waals surface area (Å²) in [5.41, 5.74) is 8.37. The van der Waals surface area contributed by atoms with Crippen LogP contribution in [0.5, 0.6) is 0 Å². The van der Waals surface area contributed by atoms with Gasteiger partial charge < -0.3 is 10.7 Å². The summed E-state index contributed by atoms with van der Waals surface area (Å²) >= 11 is 0. The summed E-state index contributed by atoms with van der Waals surface area (Å²) in [6.07, 6.45) is 7.95. The van der Waals surface area contributed by atoms with Gasteiger partial charge >= 0.3 is 0 Å². The van der Waals surface area contributed by atoms with Crippen LogP contribution in [0.15, 0.2) is 29.9 Å². The molecule has 0 saturated heterocycles. The third kappa shape index (κ3) is 4.25. The number of nitrogens with zero attached hydrogens (tertiary/aromatic N) is 1. The van der Waals surface area contributed by atoms with Crippen LogP contribution in [0.4, 0.5) is 0 Å². The van der Waals surface area contributed by atoms with Crippen LogP contribution in [0, 0.1) is 0 Å². The number of carbonyl (C=O) groups is 1. The maximum atomic E-state index is 11.4. The Hall–Kier alpha value is -2.10. The van der Waals surface area contributed by atoms with Gasteiger partial charge in [-0.25, -0.2) is 0 Å². The zero-order valence-corrected chi connectivity index (χ0v) is 11.6. The van der Waals surface area contributed by atoms with Crippen LogP contribution < -0.4 is 5.73 Å². The van der Waals surface area contributed by atoms with Gasteiger partial charge in [-0.05, 0) is 30.6 Å². The second kappa shape index (κ2) is 7.36. The van der Waals surface area contributed by atoms with Gasteiger partial charge in [0, 0.05) is 23.8 Å². The zero-order valence-electron chi connectivity index (χ0n) is 11.6. The number of hydrogen-bond acceptors (Lipinski definition) is 2. The van der Waals surface area contributed by atoms with Gasteiger partial charge in [0.2, 0.25) is 0 Å². The van der Waals surface area contributed by atoms with Crippen LogP contribution in [0.25, 0.3) is 5.57 Å². The molecule has 0 atom stereocenters. The molecule has 0 aliphatic heterocycles. The van der Waals surface area contributed by atoms with E-state index in [1.165, 1.54) is 0 Å². The average molecular weight is 259 g/mol. The number of carbonyl (C=O) groups excluding carboxylic acids is 1. The molecule has 1 heterocycles. The Kier molecular flexibility index (Phi) is 5.79. The van der Waals surface area contributed by atoms with Gasteiger partial charge in [-0.1, -0.05) is 26.8 Å². The van der Waals surface area contributed by atoms with Gasteiger partial charge in [0.25, 0.3) is 5.91 Å². The minimum absolute atomic E-state index is 0.410. The number of H-pyrrole nitrogens is 1. The molecule has 0 fully saturated rings. The van der Waals surface area contributed by atoms with E-state index in [2.05, 4.69) is 23.5 Å². The maximum absolute atomic E-state index is 11.4. The smallest absolute Gasteiger partial charge is 0.250 e. The lowest BCUT2D eigenvalue weighted by Crippen LogP contribution is -2.12. The molecule has 0 saturated carbocycles. The third-order valence-electron chi connectivity index (χ3n) is 2.66. The Labute approximate surface area is 114 Å². The van der Waals surface area contributed by atoms with Gasteiger partial charge in [-0.2, -0.15) is 0 Å². The molecule has 0 aromatic carbocycles. The van der Waals surface area contributed by atoms with Crippen molar-refractivity contribution in [1.29, 1.82) is 0 Å². The summed E-state index contributed by atoms with van der Waals surface area (Å²) in [6, 6.07) is 1.75. The number of nitrogens with two attached hydrogens (primary N) is 1. The highest BCUT2D eigenvalue weighted by atomic mass is 16.1. The lowest BCUT2D eigenvalue weighted by molar-refractivity contribution is 0.0999. The van der Waals surface area contributed by atoms with E-state index in [-0.39, 0.29) is 0 Å². The molecule has 3 N–H and O–H groups in total. The second-order valence-electron chi connectivity index (χ2n) is 4.27. The summed E-state index contributed by atoms with van der Waals surface area (Å²) in [5.74, 6) is -0.410. The van der Waals surface area contributed by atoms with Crippen LogP contribution in [-0.2, 0) is 6.42 Å². The van der Waals surface area contributed by atoms with E-state index in [0.717, 1.165) is 36.2 Å². The normalized spacial score (nSPS) is 11.5. The van der Waals surface area contributed by atoms with Crippen molar-refractivity contribution in [2.24, 2.45) is 10.7 Å². The van der Waals surface area contributed by atoms with Crippen LogP contribution in [0.2, 0.25) is 0 Å². The fourth-order valence-electron chi connectivity index (χ4n) is 1.73. The Morgan fingerprint density at radius 3 is 2.84 bits per heavy atom. The highest BCUT2D eigenvalue weighted by Crippen LogP contribution is 2.19. The second-order valence-corrected chi connectivity index (χ2v) is 4.27. The fourth-order valence-corrected chi connectivity index (χ4v) is 1.73. The Bertz CT molecular complexity index is 509. The SMILES string of the molecule is C=C(/C=C\N=C/CC)c1cc(C(N)=O)c(CCC)[nH]1. The first-order chi connectivity index (χ1) is 9.10. The predicted octanol–water partition coefficient (Wildman–Crippen LogP) is 3.07. The number of nitrogens with one attached hydrogen (secondary N) is 1. The molecule has 0 bridgehead atoms. The number of aromatic amines is 1. The quantitative estimate of drug-likeness (QED) is 0.573. The number of aliphatic imine (C=N–C) groups is 1. The molecule has 4 heteroatoms. The summed E-state index contributed by atoms with van der Waals surface area (Å²) < 4.78 is 0. The van der Waals surface area contributed by atoms with E-state index in [9.17, 15) is 4.79 Å². The third-order valence-corrected chi connectivity index (χ3v) is 2.66. The van der Waals surface area contributed by atoms with Crippen molar-refractivity contribution in [3.05, 3.63) is 41.9 Å². The van der Waals surface area contributed by atoms with Gasteiger partial charge in [-0.3, -0.25) is 9.79 Å². The standard InChI is InChI=1S/C15H21N3O/c1-4-6-13-12(15(16)19)10-14(18-13)11(3)7-9-17-8-5-2/h7-10,18H,3-6H2,1-2H3,(H2,16,19)/b9-7-,17-8-. The van der Waals surface area contributed by atoms with Crippen molar-refractivity contribution in [3.8, 4) is 0 Å². The van der Waals surface area contributed by atoms with Crippen molar-refractivity contribution < 1.29 is 4.79 Å². The van der Waals surface area contributed by atoms with Crippen molar-refractivity contribution in [2.75, 3.05) is 0 Å². The van der Waals surface area contributed by atoms with Crippen molar-refractivity contribution in [3.63, 3.8) is 0 Å². The summed E-state index contributed by atoms with van der Waals surface area (Å²) in [5, 5.41) is 0. The number of primary amides is 1. The molecule has 4 nitrogen and oxygen atoms in total. The number of aromatic nitrogens is 1. The minimum Gasteiger partial charge on any atom is -0.366 e. The lowest BCUT2D eigenvalue weighted by Gasteiger charge is -1.97. The topological polar surface area (TPSA) is 71.2 Å². The molecule has 1 amide bonds. The van der Waals surface area contributed by atoms with E-state index in [0.29, 0.717) is 5.56 Å². The van der Waals surface area contributed by atoms with E-state index in [1.807, 2.05) is 13.1 Å². The average Bonchev–Trinajstić information content (AvgIpc) is 2.79. The van der Waals surface area contributed by atoms with Gasteiger partial charge in [0.15, 0.2) is 0 Å². The molecular weight excluding hydrogens is 238 g/mol. The van der Waals surface area contributed by atoms with Gasteiger partial charge in [-0.15, -0.1) is 0 Å². The van der Waals surface area contributed by atoms with E-state index >= 15 is 0 Å². The van der Waals surface area contributed by atoms with Crippen molar-refractivity contribution in [1.82, 2.24) is 4.98 Å². The molecule has 102 valence electrons. The molecule has 0 aliphatic rings. The van der Waals surface area contributed by atoms with E-state index < -0.39 is 5.91 Å². The lowest BCUT2D eigenvalue weighted by atomic mass is 10.1.